The number of nitrogens with one attached hydrogen (secondary N) is 1. The normalized spacial score (nSPS) is 10.8. The number of carbonyl (C=O) groups is 1. The maximum Gasteiger partial charge on any atom is 0.274 e. The van der Waals surface area contributed by atoms with Crippen LogP contribution in [0.5, 0.6) is 11.5 Å². The third-order valence-electron chi connectivity index (χ3n) is 4.76. The molecule has 1 N–H and O–H groups in total. The molecule has 2 aromatic carbocycles. The van der Waals surface area contributed by atoms with Crippen molar-refractivity contribution < 1.29 is 23.0 Å². The third-order valence-corrected chi connectivity index (χ3v) is 4.76. The Morgan fingerprint density at radius 1 is 1.10 bits per heavy atom. The predicted molar refractivity (Wildman–Crippen MR) is 112 cm³/mol. The Labute approximate surface area is 177 Å². The van der Waals surface area contributed by atoms with E-state index in [0.29, 0.717) is 34.2 Å². The van der Waals surface area contributed by atoms with Crippen LogP contribution < -0.4 is 14.8 Å². The van der Waals surface area contributed by atoms with Gasteiger partial charge in [-0.05, 0) is 43.3 Å². The number of anilines is 1. The molecule has 0 saturated carbocycles. The molecule has 2 aromatic heterocycles. The summed E-state index contributed by atoms with van der Waals surface area (Å²) in [5.74, 6) is -0.831. The zero-order valence-electron chi connectivity index (χ0n) is 16.9. The van der Waals surface area contributed by atoms with Crippen molar-refractivity contribution in [2.24, 2.45) is 0 Å². The molecule has 0 bridgehead atoms. The molecule has 0 unspecified atom stereocenters. The molecular formula is C23H19F2N3O3. The minimum Gasteiger partial charge on any atom is -0.497 e. The summed E-state index contributed by atoms with van der Waals surface area (Å²) >= 11 is 0. The van der Waals surface area contributed by atoms with Crippen LogP contribution >= 0.6 is 0 Å². The van der Waals surface area contributed by atoms with Gasteiger partial charge in [0.05, 0.1) is 18.4 Å². The maximum atomic E-state index is 13.9. The first-order valence-corrected chi connectivity index (χ1v) is 9.46. The van der Waals surface area contributed by atoms with Crippen molar-refractivity contribution in [2.45, 2.75) is 13.5 Å². The van der Waals surface area contributed by atoms with E-state index < -0.39 is 11.6 Å². The van der Waals surface area contributed by atoms with Gasteiger partial charge in [0, 0.05) is 18.0 Å². The van der Waals surface area contributed by atoms with Crippen LogP contribution in [-0.4, -0.2) is 22.4 Å². The molecule has 2 heterocycles. The van der Waals surface area contributed by atoms with E-state index in [-0.39, 0.29) is 18.1 Å². The van der Waals surface area contributed by atoms with Crippen LogP contribution in [0, 0.1) is 18.6 Å². The van der Waals surface area contributed by atoms with Crippen molar-refractivity contribution in [1.29, 1.82) is 0 Å². The highest BCUT2D eigenvalue weighted by molar-refractivity contribution is 6.04. The van der Waals surface area contributed by atoms with Crippen molar-refractivity contribution >= 4 is 17.2 Å². The number of imidazole rings is 1. The number of fused-ring (bicyclic) bond motifs is 1. The number of ether oxygens (including phenoxy) is 2. The number of nitrogens with zero attached hydrogens (tertiary/aromatic N) is 2. The molecule has 0 aliphatic rings. The van der Waals surface area contributed by atoms with E-state index in [1.165, 1.54) is 18.2 Å². The number of amides is 1. The summed E-state index contributed by atoms with van der Waals surface area (Å²) in [6.07, 6.45) is 1.67. The summed E-state index contributed by atoms with van der Waals surface area (Å²) in [7, 11) is 1.55. The highest BCUT2D eigenvalue weighted by Crippen LogP contribution is 2.25. The van der Waals surface area contributed by atoms with Crippen LogP contribution in [-0.2, 0) is 6.61 Å². The van der Waals surface area contributed by atoms with E-state index in [1.54, 1.807) is 61.0 Å². The number of halogens is 2. The molecule has 6 nitrogen and oxygen atoms in total. The van der Waals surface area contributed by atoms with E-state index in [4.69, 9.17) is 9.47 Å². The smallest absolute Gasteiger partial charge is 0.274 e. The number of aryl methyl sites for hydroxylation is 1. The molecule has 8 heteroatoms. The summed E-state index contributed by atoms with van der Waals surface area (Å²) in [6, 6.07) is 13.9. The van der Waals surface area contributed by atoms with E-state index in [0.717, 1.165) is 0 Å². The minimum atomic E-state index is -0.690. The van der Waals surface area contributed by atoms with Gasteiger partial charge in [-0.2, -0.15) is 0 Å². The summed E-state index contributed by atoms with van der Waals surface area (Å²) in [5, 5.41) is 2.82. The number of benzene rings is 2. The maximum absolute atomic E-state index is 13.9. The van der Waals surface area contributed by atoms with Crippen molar-refractivity contribution in [2.75, 3.05) is 12.4 Å². The van der Waals surface area contributed by atoms with Crippen LogP contribution in [0.25, 0.3) is 5.65 Å². The standard InChI is InChI=1S/C23H19F2N3O3/c1-14-21(23(29)27-15-6-3-7-16(12-15)30-2)28-11-5-10-20(22(28)26-14)31-13-17-18(24)8-4-9-19(17)25/h3-12H,13H2,1-2H3,(H,27,29). The monoisotopic (exact) mass is 423 g/mol. The topological polar surface area (TPSA) is 64.9 Å². The minimum absolute atomic E-state index is 0.177. The third kappa shape index (κ3) is 4.05. The van der Waals surface area contributed by atoms with Gasteiger partial charge in [-0.3, -0.25) is 9.20 Å². The SMILES string of the molecule is COc1cccc(NC(=O)c2c(C)nc3c(OCc4c(F)cccc4F)cccn23)c1. The molecule has 0 saturated heterocycles. The lowest BCUT2D eigenvalue weighted by Crippen LogP contribution is -2.15. The summed E-state index contributed by atoms with van der Waals surface area (Å²) in [6.45, 7) is 1.39. The molecule has 4 rings (SSSR count). The fourth-order valence-corrected chi connectivity index (χ4v) is 3.25. The van der Waals surface area contributed by atoms with Gasteiger partial charge in [0.25, 0.3) is 5.91 Å². The van der Waals surface area contributed by atoms with Gasteiger partial charge in [-0.1, -0.05) is 12.1 Å². The second-order valence-corrected chi connectivity index (χ2v) is 6.79. The molecule has 1 amide bonds. The van der Waals surface area contributed by atoms with E-state index in [1.807, 2.05) is 0 Å². The Hall–Kier alpha value is -3.94. The van der Waals surface area contributed by atoms with Crippen molar-refractivity contribution in [1.82, 2.24) is 9.38 Å². The number of pyridine rings is 1. The average molecular weight is 423 g/mol. The number of hydrogen-bond acceptors (Lipinski definition) is 4. The van der Waals surface area contributed by atoms with Crippen LogP contribution in [0.3, 0.4) is 0 Å². The van der Waals surface area contributed by atoms with Crippen molar-refractivity contribution in [3.8, 4) is 11.5 Å². The predicted octanol–water partition coefficient (Wildman–Crippen LogP) is 4.76. The van der Waals surface area contributed by atoms with E-state index in [9.17, 15) is 13.6 Å². The van der Waals surface area contributed by atoms with Crippen molar-refractivity contribution in [3.63, 3.8) is 0 Å². The Morgan fingerprint density at radius 2 is 1.84 bits per heavy atom. The molecule has 31 heavy (non-hydrogen) atoms. The molecule has 0 atom stereocenters. The van der Waals surface area contributed by atoms with Gasteiger partial charge in [0.15, 0.2) is 11.4 Å². The number of methoxy groups -OCH3 is 1. The van der Waals surface area contributed by atoms with Gasteiger partial charge < -0.3 is 14.8 Å². The molecule has 0 spiro atoms. The summed E-state index contributed by atoms with van der Waals surface area (Å²) < 4.78 is 40.2. The van der Waals surface area contributed by atoms with Crippen LogP contribution in [0.1, 0.15) is 21.7 Å². The van der Waals surface area contributed by atoms with Gasteiger partial charge >= 0.3 is 0 Å². The zero-order valence-corrected chi connectivity index (χ0v) is 16.9. The van der Waals surface area contributed by atoms with Gasteiger partial charge in [-0.15, -0.1) is 0 Å². The summed E-state index contributed by atoms with van der Waals surface area (Å²) in [5.41, 5.74) is 1.56. The Morgan fingerprint density at radius 3 is 2.58 bits per heavy atom. The lowest BCUT2D eigenvalue weighted by atomic mass is 10.2. The highest BCUT2D eigenvalue weighted by atomic mass is 19.1. The summed E-state index contributed by atoms with van der Waals surface area (Å²) in [4.78, 5) is 17.4. The Bertz CT molecular complexity index is 1250. The molecule has 0 fully saturated rings. The van der Waals surface area contributed by atoms with Gasteiger partial charge in [0.1, 0.15) is 29.7 Å². The lowest BCUT2D eigenvalue weighted by molar-refractivity contribution is 0.102. The first kappa shape index (κ1) is 20.3. The molecule has 4 aromatic rings. The number of carbonyl (C=O) groups excluding carboxylic acids is 1. The second kappa shape index (κ2) is 8.43. The van der Waals surface area contributed by atoms with E-state index in [2.05, 4.69) is 10.3 Å². The number of rotatable bonds is 6. The second-order valence-electron chi connectivity index (χ2n) is 6.79. The molecule has 158 valence electrons. The number of aromatic nitrogens is 2. The first-order chi connectivity index (χ1) is 15.0. The molecule has 0 radical (unpaired) electrons. The number of hydrogen-bond donors (Lipinski definition) is 1. The zero-order chi connectivity index (χ0) is 22.0. The highest BCUT2D eigenvalue weighted by Gasteiger charge is 2.20. The molecular weight excluding hydrogens is 404 g/mol. The first-order valence-electron chi connectivity index (χ1n) is 9.46. The van der Waals surface area contributed by atoms with Gasteiger partial charge in [0.2, 0.25) is 0 Å². The fourth-order valence-electron chi connectivity index (χ4n) is 3.25. The lowest BCUT2D eigenvalue weighted by Gasteiger charge is -2.10. The molecule has 0 aliphatic carbocycles. The Kier molecular flexibility index (Phi) is 5.53. The van der Waals surface area contributed by atoms with E-state index >= 15 is 0 Å². The molecule has 0 aliphatic heterocycles. The quantitative estimate of drug-likeness (QED) is 0.486. The van der Waals surface area contributed by atoms with Gasteiger partial charge in [-0.25, -0.2) is 13.8 Å². The Balaban J connectivity index is 1.63. The largest absolute Gasteiger partial charge is 0.497 e. The fraction of sp³-hybridized carbons (Fsp3) is 0.130. The van der Waals surface area contributed by atoms with Crippen LogP contribution in [0.4, 0.5) is 14.5 Å². The van der Waals surface area contributed by atoms with Crippen molar-refractivity contribution in [3.05, 3.63) is 89.4 Å². The van der Waals surface area contributed by atoms with Crippen LogP contribution in [0.2, 0.25) is 0 Å². The average Bonchev–Trinajstić information content (AvgIpc) is 3.10. The van der Waals surface area contributed by atoms with Crippen LogP contribution in [0.15, 0.2) is 60.8 Å².